The quantitative estimate of drug-likeness (QED) is 0.622. The first-order valence-electron chi connectivity index (χ1n) is 7.95. The number of fused-ring (bicyclic) bond motifs is 1. The van der Waals surface area contributed by atoms with Gasteiger partial charge in [0.15, 0.2) is 5.82 Å². The van der Waals surface area contributed by atoms with E-state index in [0.29, 0.717) is 22.9 Å². The van der Waals surface area contributed by atoms with Gasteiger partial charge in [0, 0.05) is 29.3 Å². The second-order valence-electron chi connectivity index (χ2n) is 6.66. The Morgan fingerprint density at radius 1 is 1.19 bits per heavy atom. The molecule has 0 N–H and O–H groups in total. The highest BCUT2D eigenvalue weighted by molar-refractivity contribution is 9.10. The minimum Gasteiger partial charge on any atom is -0.443 e. The van der Waals surface area contributed by atoms with Crippen LogP contribution in [0.4, 0.5) is 10.6 Å². The van der Waals surface area contributed by atoms with E-state index in [2.05, 4.69) is 35.9 Å². The smallest absolute Gasteiger partial charge is 0.415 e. The first kappa shape index (κ1) is 18.2. The highest BCUT2D eigenvalue weighted by Crippen LogP contribution is 2.29. The largest absolute Gasteiger partial charge is 0.443 e. The van der Waals surface area contributed by atoms with Gasteiger partial charge in [-0.2, -0.15) is 0 Å². The maximum atomic E-state index is 12.5. The zero-order valence-electron chi connectivity index (χ0n) is 14.9. The molecule has 8 heteroatoms. The van der Waals surface area contributed by atoms with Gasteiger partial charge in [0.2, 0.25) is 0 Å². The normalized spacial score (nSPS) is 11.4. The van der Waals surface area contributed by atoms with Gasteiger partial charge in [0.25, 0.3) is 0 Å². The average molecular weight is 416 g/mol. The molecule has 0 radical (unpaired) electrons. The van der Waals surface area contributed by atoms with Crippen molar-refractivity contribution in [2.45, 2.75) is 26.4 Å². The maximum Gasteiger partial charge on any atom is 0.415 e. The molecule has 134 valence electrons. The summed E-state index contributed by atoms with van der Waals surface area (Å²) in [5.74, 6) is 0.825. The number of halogens is 1. The molecule has 1 amide bonds. The summed E-state index contributed by atoms with van der Waals surface area (Å²) >= 11 is 3.45. The van der Waals surface area contributed by atoms with Crippen LogP contribution in [-0.4, -0.2) is 38.7 Å². The predicted molar refractivity (Wildman–Crippen MR) is 103 cm³/mol. The molecule has 0 fully saturated rings. The number of rotatable bonds is 2. The molecular weight excluding hydrogens is 398 g/mol. The molecule has 0 saturated heterocycles. The molecule has 0 spiro atoms. The van der Waals surface area contributed by atoms with Crippen LogP contribution in [0.25, 0.3) is 22.4 Å². The Balaban J connectivity index is 2.15. The number of hydrogen-bond donors (Lipinski definition) is 0. The minimum absolute atomic E-state index is 0.383. The first-order valence-corrected chi connectivity index (χ1v) is 8.74. The van der Waals surface area contributed by atoms with Crippen LogP contribution in [-0.2, 0) is 4.74 Å². The Morgan fingerprint density at radius 2 is 1.96 bits per heavy atom. The predicted octanol–water partition coefficient (Wildman–Crippen LogP) is 4.22. The Bertz CT molecular complexity index is 957. The molecule has 2 heterocycles. The van der Waals surface area contributed by atoms with Crippen molar-refractivity contribution in [2.75, 3.05) is 11.9 Å². The maximum absolute atomic E-state index is 12.5. The Hall–Kier alpha value is -2.61. The number of aromatic nitrogens is 4. The molecular formula is C18H18BrN5O2. The molecule has 3 aromatic rings. The molecule has 2 aromatic heterocycles. The van der Waals surface area contributed by atoms with Gasteiger partial charge in [-0.15, -0.1) is 0 Å². The Labute approximate surface area is 159 Å². The SMILES string of the molecule is CN(C(=O)OC(C)(C)C)c1nc(-c2cnccn2)nc2cc(Br)ccc12. The second kappa shape index (κ2) is 6.95. The lowest BCUT2D eigenvalue weighted by Gasteiger charge is -2.25. The monoisotopic (exact) mass is 415 g/mol. The summed E-state index contributed by atoms with van der Waals surface area (Å²) in [6.45, 7) is 5.46. The second-order valence-corrected chi connectivity index (χ2v) is 7.58. The van der Waals surface area contributed by atoms with Gasteiger partial charge < -0.3 is 4.74 Å². The van der Waals surface area contributed by atoms with Crippen LogP contribution in [0.5, 0.6) is 0 Å². The summed E-state index contributed by atoms with van der Waals surface area (Å²) in [5, 5.41) is 0.731. The number of amides is 1. The van der Waals surface area contributed by atoms with Gasteiger partial charge in [0.05, 0.1) is 11.7 Å². The number of hydrogen-bond acceptors (Lipinski definition) is 6. The van der Waals surface area contributed by atoms with Crippen molar-refractivity contribution in [2.24, 2.45) is 0 Å². The van der Waals surface area contributed by atoms with Gasteiger partial charge in [-0.25, -0.2) is 19.7 Å². The van der Waals surface area contributed by atoms with Gasteiger partial charge in [-0.3, -0.25) is 9.88 Å². The van der Waals surface area contributed by atoms with Crippen LogP contribution in [0, 0.1) is 0 Å². The first-order chi connectivity index (χ1) is 12.2. The number of carbonyl (C=O) groups is 1. The molecule has 0 saturated carbocycles. The van der Waals surface area contributed by atoms with Crippen LogP contribution in [0.2, 0.25) is 0 Å². The lowest BCUT2D eigenvalue weighted by molar-refractivity contribution is 0.0589. The van der Waals surface area contributed by atoms with Crippen LogP contribution in [0.3, 0.4) is 0 Å². The fourth-order valence-electron chi connectivity index (χ4n) is 2.29. The van der Waals surface area contributed by atoms with Crippen molar-refractivity contribution >= 4 is 38.7 Å². The van der Waals surface area contributed by atoms with Gasteiger partial charge >= 0.3 is 6.09 Å². The van der Waals surface area contributed by atoms with E-state index in [0.717, 1.165) is 9.86 Å². The third-order valence-electron chi connectivity index (χ3n) is 3.42. The summed E-state index contributed by atoms with van der Waals surface area (Å²) in [7, 11) is 1.62. The molecule has 0 aliphatic heterocycles. The molecule has 26 heavy (non-hydrogen) atoms. The molecule has 0 bridgehead atoms. The van der Waals surface area contributed by atoms with E-state index >= 15 is 0 Å². The molecule has 0 aliphatic rings. The molecule has 0 unspecified atom stereocenters. The van der Waals surface area contributed by atoms with Crippen molar-refractivity contribution in [1.29, 1.82) is 0 Å². The summed E-state index contributed by atoms with van der Waals surface area (Å²) in [6.07, 6.45) is 4.23. The van der Waals surface area contributed by atoms with Crippen LogP contribution in [0.15, 0.2) is 41.3 Å². The zero-order valence-corrected chi connectivity index (χ0v) is 16.5. The number of benzene rings is 1. The summed E-state index contributed by atoms with van der Waals surface area (Å²) in [6, 6.07) is 5.60. The van der Waals surface area contributed by atoms with E-state index in [1.807, 2.05) is 39.0 Å². The fraction of sp³-hybridized carbons (Fsp3) is 0.278. The van der Waals surface area contributed by atoms with Crippen LogP contribution in [0.1, 0.15) is 20.8 Å². The van der Waals surface area contributed by atoms with E-state index in [1.54, 1.807) is 25.6 Å². The van der Waals surface area contributed by atoms with Crippen molar-refractivity contribution < 1.29 is 9.53 Å². The summed E-state index contributed by atoms with van der Waals surface area (Å²) in [4.78, 5) is 31.3. The van der Waals surface area contributed by atoms with Crippen molar-refractivity contribution in [1.82, 2.24) is 19.9 Å². The number of anilines is 1. The van der Waals surface area contributed by atoms with Gasteiger partial charge in [0.1, 0.15) is 17.1 Å². The zero-order chi connectivity index (χ0) is 18.9. The highest BCUT2D eigenvalue weighted by Gasteiger charge is 2.24. The Morgan fingerprint density at radius 3 is 2.62 bits per heavy atom. The number of carbonyl (C=O) groups excluding carboxylic acids is 1. The van der Waals surface area contributed by atoms with Gasteiger partial charge in [-0.05, 0) is 39.0 Å². The average Bonchev–Trinajstić information content (AvgIpc) is 2.59. The Kier molecular flexibility index (Phi) is 4.86. The standard InChI is InChI=1S/C18H18BrN5O2/c1-18(2,3)26-17(25)24(4)16-12-6-5-11(19)9-13(12)22-15(23-16)14-10-20-7-8-21-14/h5-10H,1-4H3. The third kappa shape index (κ3) is 3.96. The molecule has 1 aromatic carbocycles. The summed E-state index contributed by atoms with van der Waals surface area (Å²) in [5.41, 5.74) is 0.596. The van der Waals surface area contributed by atoms with E-state index in [4.69, 9.17) is 4.74 Å². The summed E-state index contributed by atoms with van der Waals surface area (Å²) < 4.78 is 6.34. The van der Waals surface area contributed by atoms with Crippen molar-refractivity contribution in [3.05, 3.63) is 41.3 Å². The molecule has 7 nitrogen and oxygen atoms in total. The molecule has 3 rings (SSSR count). The van der Waals surface area contributed by atoms with Crippen LogP contribution < -0.4 is 4.90 Å². The van der Waals surface area contributed by atoms with Crippen molar-refractivity contribution in [3.8, 4) is 11.5 Å². The topological polar surface area (TPSA) is 81.1 Å². The highest BCUT2D eigenvalue weighted by atomic mass is 79.9. The third-order valence-corrected chi connectivity index (χ3v) is 3.91. The van der Waals surface area contributed by atoms with E-state index in [-0.39, 0.29) is 0 Å². The van der Waals surface area contributed by atoms with Crippen LogP contribution >= 0.6 is 15.9 Å². The van der Waals surface area contributed by atoms with Gasteiger partial charge in [-0.1, -0.05) is 15.9 Å². The van der Waals surface area contributed by atoms with Crippen molar-refractivity contribution in [3.63, 3.8) is 0 Å². The van der Waals surface area contributed by atoms with E-state index in [9.17, 15) is 4.79 Å². The number of nitrogens with zero attached hydrogens (tertiary/aromatic N) is 5. The fourth-order valence-corrected chi connectivity index (χ4v) is 2.64. The lowest BCUT2D eigenvalue weighted by Crippen LogP contribution is -2.34. The van der Waals surface area contributed by atoms with E-state index in [1.165, 1.54) is 4.90 Å². The minimum atomic E-state index is -0.606. The molecule has 0 atom stereocenters. The van der Waals surface area contributed by atoms with E-state index < -0.39 is 11.7 Å². The number of ether oxygens (including phenoxy) is 1. The molecule has 0 aliphatic carbocycles. The lowest BCUT2D eigenvalue weighted by atomic mass is 10.2.